The highest BCUT2D eigenvalue weighted by molar-refractivity contribution is 14.0. The number of benzene rings is 1. The van der Waals surface area contributed by atoms with Crippen LogP contribution in [0.15, 0.2) is 48.0 Å². The van der Waals surface area contributed by atoms with E-state index in [1.807, 2.05) is 30.7 Å². The molecule has 0 radical (unpaired) electrons. The molecular weight excluding hydrogens is 473 g/mol. The number of imidazole rings is 1. The molecule has 0 aliphatic carbocycles. The molecule has 1 fully saturated rings. The number of aromatic nitrogens is 2. The quantitative estimate of drug-likeness (QED) is 0.379. The molecule has 0 saturated carbocycles. The lowest BCUT2D eigenvalue weighted by atomic mass is 9.93. The average molecular weight is 502 g/mol. The minimum Gasteiger partial charge on any atom is -0.357 e. The van der Waals surface area contributed by atoms with Gasteiger partial charge in [0.05, 0.1) is 12.4 Å². The topological polar surface area (TPSA) is 45.5 Å². The zero-order valence-electron chi connectivity index (χ0n) is 16.0. The first-order valence-electron chi connectivity index (χ1n) is 9.43. The van der Waals surface area contributed by atoms with Gasteiger partial charge in [-0.2, -0.15) is 0 Å². The van der Waals surface area contributed by atoms with E-state index in [-0.39, 0.29) is 24.0 Å². The number of aliphatic imine (C=N–C) groups is 1. The Morgan fingerprint density at radius 1 is 1.37 bits per heavy atom. The van der Waals surface area contributed by atoms with Crippen molar-refractivity contribution < 1.29 is 0 Å². The van der Waals surface area contributed by atoms with Gasteiger partial charge in [-0.15, -0.1) is 24.0 Å². The van der Waals surface area contributed by atoms with Crippen LogP contribution in [0, 0.1) is 5.92 Å². The second kappa shape index (κ2) is 10.9. The van der Waals surface area contributed by atoms with E-state index in [1.165, 1.54) is 0 Å². The number of nitrogens with one attached hydrogen (secondary N) is 1. The van der Waals surface area contributed by atoms with Crippen molar-refractivity contribution in [1.82, 2.24) is 19.8 Å². The Kier molecular flexibility index (Phi) is 8.89. The molecule has 2 heterocycles. The van der Waals surface area contributed by atoms with E-state index < -0.39 is 0 Å². The number of guanidine groups is 1. The van der Waals surface area contributed by atoms with Crippen molar-refractivity contribution in [3.05, 3.63) is 53.6 Å². The first kappa shape index (κ1) is 22.0. The first-order chi connectivity index (χ1) is 12.7. The molecule has 1 aliphatic heterocycles. The molecule has 1 N–H and O–H groups in total. The Balaban J connectivity index is 0.00000261. The highest BCUT2D eigenvalue weighted by Crippen LogP contribution is 2.27. The SMILES string of the molecule is CCNC(=NCCc1ccccc1Cl)N1CCC(C)C(n2ccnc2)C1.I. The molecule has 148 valence electrons. The monoisotopic (exact) mass is 501 g/mol. The van der Waals surface area contributed by atoms with Crippen molar-refractivity contribution in [1.29, 1.82) is 0 Å². The van der Waals surface area contributed by atoms with Gasteiger partial charge in [-0.3, -0.25) is 4.99 Å². The minimum atomic E-state index is 0. The van der Waals surface area contributed by atoms with Crippen molar-refractivity contribution in [2.45, 2.75) is 32.7 Å². The van der Waals surface area contributed by atoms with Gasteiger partial charge < -0.3 is 14.8 Å². The molecule has 1 aliphatic rings. The summed E-state index contributed by atoms with van der Waals surface area (Å²) < 4.78 is 2.23. The Bertz CT molecular complexity index is 719. The van der Waals surface area contributed by atoms with Gasteiger partial charge in [0.15, 0.2) is 5.96 Å². The molecule has 2 aromatic rings. The van der Waals surface area contributed by atoms with Crippen molar-refractivity contribution in [3.8, 4) is 0 Å². The van der Waals surface area contributed by atoms with Crippen LogP contribution in [-0.2, 0) is 6.42 Å². The Morgan fingerprint density at radius 3 is 2.89 bits per heavy atom. The van der Waals surface area contributed by atoms with E-state index in [2.05, 4.69) is 45.9 Å². The standard InChI is InChI=1S/C20H28ClN5.HI/c1-3-23-20(24-10-8-17-6-4-5-7-18(17)21)25-12-9-16(2)19(14-25)26-13-11-22-15-26;/h4-7,11,13,15-16,19H,3,8-10,12,14H2,1-2H3,(H,23,24);1H. The third kappa shape index (κ3) is 5.85. The predicted molar refractivity (Wildman–Crippen MR) is 123 cm³/mol. The van der Waals surface area contributed by atoms with Crippen LogP contribution in [-0.4, -0.2) is 46.6 Å². The van der Waals surface area contributed by atoms with Crippen LogP contribution in [0.4, 0.5) is 0 Å². The molecular formula is C20H29ClIN5. The molecule has 5 nitrogen and oxygen atoms in total. The Labute approximate surface area is 184 Å². The van der Waals surface area contributed by atoms with Crippen LogP contribution >= 0.6 is 35.6 Å². The maximum Gasteiger partial charge on any atom is 0.193 e. The summed E-state index contributed by atoms with van der Waals surface area (Å²) in [7, 11) is 0. The van der Waals surface area contributed by atoms with Crippen LogP contribution in [0.5, 0.6) is 0 Å². The van der Waals surface area contributed by atoms with E-state index in [4.69, 9.17) is 16.6 Å². The van der Waals surface area contributed by atoms with Gasteiger partial charge in [-0.1, -0.05) is 36.7 Å². The second-order valence-electron chi connectivity index (χ2n) is 6.87. The molecule has 0 amide bonds. The van der Waals surface area contributed by atoms with Crippen LogP contribution in [0.1, 0.15) is 31.9 Å². The Morgan fingerprint density at radius 2 is 2.19 bits per heavy atom. The molecule has 0 bridgehead atoms. The first-order valence-corrected chi connectivity index (χ1v) is 9.81. The van der Waals surface area contributed by atoms with Gasteiger partial charge in [0, 0.05) is 43.6 Å². The normalized spacial score (nSPS) is 20.3. The summed E-state index contributed by atoms with van der Waals surface area (Å²) in [6, 6.07) is 8.43. The lowest BCUT2D eigenvalue weighted by Crippen LogP contribution is -2.49. The molecule has 1 aromatic heterocycles. The Hall–Kier alpha value is -1.28. The van der Waals surface area contributed by atoms with Crippen LogP contribution in [0.3, 0.4) is 0 Å². The lowest BCUT2D eigenvalue weighted by molar-refractivity contribution is 0.189. The zero-order valence-corrected chi connectivity index (χ0v) is 19.1. The van der Waals surface area contributed by atoms with E-state index in [0.717, 1.165) is 55.6 Å². The van der Waals surface area contributed by atoms with Crippen molar-refractivity contribution in [2.75, 3.05) is 26.2 Å². The maximum atomic E-state index is 6.26. The smallest absolute Gasteiger partial charge is 0.193 e. The zero-order chi connectivity index (χ0) is 18.4. The highest BCUT2D eigenvalue weighted by Gasteiger charge is 2.28. The lowest BCUT2D eigenvalue weighted by Gasteiger charge is -2.39. The summed E-state index contributed by atoms with van der Waals surface area (Å²) in [4.78, 5) is 11.5. The summed E-state index contributed by atoms with van der Waals surface area (Å²) in [5, 5.41) is 4.27. The highest BCUT2D eigenvalue weighted by atomic mass is 127. The fourth-order valence-corrected chi connectivity index (χ4v) is 3.73. The van der Waals surface area contributed by atoms with Gasteiger partial charge in [0.1, 0.15) is 0 Å². The molecule has 27 heavy (non-hydrogen) atoms. The number of piperidine rings is 1. The molecule has 7 heteroatoms. The largest absolute Gasteiger partial charge is 0.357 e. The summed E-state index contributed by atoms with van der Waals surface area (Å²) >= 11 is 6.26. The third-order valence-corrected chi connectivity index (χ3v) is 5.43. The summed E-state index contributed by atoms with van der Waals surface area (Å²) in [6.45, 7) is 8.02. The molecule has 0 spiro atoms. The van der Waals surface area contributed by atoms with Crippen LogP contribution in [0.25, 0.3) is 0 Å². The van der Waals surface area contributed by atoms with Crippen molar-refractivity contribution in [3.63, 3.8) is 0 Å². The van der Waals surface area contributed by atoms with E-state index in [9.17, 15) is 0 Å². The molecule has 2 atom stereocenters. The number of halogens is 2. The third-order valence-electron chi connectivity index (χ3n) is 5.06. The van der Waals surface area contributed by atoms with Crippen molar-refractivity contribution >= 4 is 41.5 Å². The molecule has 1 aromatic carbocycles. The summed E-state index contributed by atoms with van der Waals surface area (Å²) in [6.07, 6.45) is 7.84. The van der Waals surface area contributed by atoms with Crippen LogP contribution < -0.4 is 5.32 Å². The predicted octanol–water partition coefficient (Wildman–Crippen LogP) is 4.25. The second-order valence-corrected chi connectivity index (χ2v) is 7.27. The molecule has 2 unspecified atom stereocenters. The molecule has 1 saturated heterocycles. The van der Waals surface area contributed by atoms with Gasteiger partial charge in [-0.05, 0) is 37.3 Å². The number of rotatable bonds is 5. The number of hydrogen-bond donors (Lipinski definition) is 1. The van der Waals surface area contributed by atoms with Gasteiger partial charge in [-0.25, -0.2) is 4.98 Å². The maximum absolute atomic E-state index is 6.26. The van der Waals surface area contributed by atoms with E-state index in [1.54, 1.807) is 0 Å². The fourth-order valence-electron chi connectivity index (χ4n) is 3.50. The summed E-state index contributed by atoms with van der Waals surface area (Å²) in [5.41, 5.74) is 1.15. The van der Waals surface area contributed by atoms with E-state index in [0.29, 0.717) is 12.0 Å². The minimum absolute atomic E-state index is 0. The van der Waals surface area contributed by atoms with E-state index >= 15 is 0 Å². The van der Waals surface area contributed by atoms with Gasteiger partial charge in [0.25, 0.3) is 0 Å². The average Bonchev–Trinajstić information content (AvgIpc) is 3.17. The van der Waals surface area contributed by atoms with Gasteiger partial charge >= 0.3 is 0 Å². The summed E-state index contributed by atoms with van der Waals surface area (Å²) in [5.74, 6) is 1.63. The molecule has 3 rings (SSSR count). The number of likely N-dealkylation sites (tertiary alicyclic amines) is 1. The number of nitrogens with zero attached hydrogens (tertiary/aromatic N) is 4. The van der Waals surface area contributed by atoms with Crippen molar-refractivity contribution in [2.24, 2.45) is 10.9 Å². The van der Waals surface area contributed by atoms with Crippen LogP contribution in [0.2, 0.25) is 5.02 Å². The number of hydrogen-bond acceptors (Lipinski definition) is 2. The van der Waals surface area contributed by atoms with Gasteiger partial charge in [0.2, 0.25) is 0 Å². The fraction of sp³-hybridized carbons (Fsp3) is 0.500.